The maximum absolute atomic E-state index is 12.4. The van der Waals surface area contributed by atoms with E-state index in [1.165, 1.54) is 12.1 Å². The Morgan fingerprint density at radius 3 is 2.17 bits per heavy atom. The molecule has 0 saturated heterocycles. The largest absolute Gasteiger partial charge is 0.490 e. The summed E-state index contributed by atoms with van der Waals surface area (Å²) in [6.45, 7) is -0.0304. The summed E-state index contributed by atoms with van der Waals surface area (Å²) < 4.78 is 22.3. The van der Waals surface area contributed by atoms with Gasteiger partial charge in [0.15, 0.2) is 6.61 Å². The minimum Gasteiger partial charge on any atom is -0.490 e. The fourth-order valence-electron chi connectivity index (χ4n) is 2.44. The van der Waals surface area contributed by atoms with Gasteiger partial charge in [0.25, 0.3) is 0 Å². The molecule has 0 N–H and O–H groups in total. The molecule has 154 valence electrons. The molecule has 30 heavy (non-hydrogen) atoms. The first-order valence-corrected chi connectivity index (χ1v) is 9.94. The molecule has 0 bridgehead atoms. The maximum atomic E-state index is 12.4. The van der Waals surface area contributed by atoms with Crippen molar-refractivity contribution in [3.05, 3.63) is 88.9 Å². The van der Waals surface area contributed by atoms with Gasteiger partial charge >= 0.3 is 11.9 Å². The number of benzene rings is 3. The van der Waals surface area contributed by atoms with Crippen LogP contribution >= 0.6 is 15.9 Å². The highest BCUT2D eigenvalue weighted by Crippen LogP contribution is 2.20. The molecule has 3 rings (SSSR count). The van der Waals surface area contributed by atoms with E-state index in [0.717, 1.165) is 4.47 Å². The molecular weight excluding hydrogens is 452 g/mol. The number of para-hydroxylation sites is 2. The molecule has 0 aliphatic rings. The van der Waals surface area contributed by atoms with Gasteiger partial charge in [-0.05, 0) is 48.5 Å². The number of carbonyl (C=O) groups is 2. The van der Waals surface area contributed by atoms with Crippen molar-refractivity contribution in [2.24, 2.45) is 0 Å². The summed E-state index contributed by atoms with van der Waals surface area (Å²) in [4.78, 5) is 24.5. The van der Waals surface area contributed by atoms with Crippen LogP contribution in [0.15, 0.2) is 83.3 Å². The standard InChI is InChI=1S/C23H19BrO6/c24-17-10-12-19(13-11-17)29-16-22(25)30-21-9-5-4-8-20(21)23(26)28-15-14-27-18-6-2-1-3-7-18/h1-13H,14-16H2. The first-order valence-electron chi connectivity index (χ1n) is 9.15. The first-order chi connectivity index (χ1) is 14.6. The van der Waals surface area contributed by atoms with E-state index in [9.17, 15) is 9.59 Å². The van der Waals surface area contributed by atoms with E-state index in [-0.39, 0.29) is 31.1 Å². The zero-order valence-electron chi connectivity index (χ0n) is 16.0. The summed E-state index contributed by atoms with van der Waals surface area (Å²) in [7, 11) is 0. The second kappa shape index (κ2) is 11.0. The number of halogens is 1. The third-order valence-electron chi connectivity index (χ3n) is 3.83. The highest BCUT2D eigenvalue weighted by molar-refractivity contribution is 9.10. The van der Waals surface area contributed by atoms with Gasteiger partial charge in [-0.1, -0.05) is 46.3 Å². The first kappa shape index (κ1) is 21.4. The van der Waals surface area contributed by atoms with Crippen molar-refractivity contribution in [1.82, 2.24) is 0 Å². The molecule has 0 spiro atoms. The second-order valence-electron chi connectivity index (χ2n) is 6.01. The number of rotatable bonds is 9. The Bertz CT molecular complexity index is 972. The Morgan fingerprint density at radius 1 is 0.733 bits per heavy atom. The van der Waals surface area contributed by atoms with Gasteiger partial charge in [-0.25, -0.2) is 9.59 Å². The van der Waals surface area contributed by atoms with Crippen molar-refractivity contribution in [3.63, 3.8) is 0 Å². The number of ether oxygens (including phenoxy) is 4. The lowest BCUT2D eigenvalue weighted by molar-refractivity contribution is -0.136. The van der Waals surface area contributed by atoms with Crippen molar-refractivity contribution in [1.29, 1.82) is 0 Å². The molecule has 0 radical (unpaired) electrons. The summed E-state index contributed by atoms with van der Waals surface area (Å²) in [6, 6.07) is 22.6. The van der Waals surface area contributed by atoms with Crippen molar-refractivity contribution in [2.45, 2.75) is 0 Å². The quantitative estimate of drug-likeness (QED) is 0.257. The van der Waals surface area contributed by atoms with Gasteiger partial charge in [0, 0.05) is 4.47 Å². The van der Waals surface area contributed by atoms with E-state index in [0.29, 0.717) is 11.5 Å². The highest BCUT2D eigenvalue weighted by Gasteiger charge is 2.16. The van der Waals surface area contributed by atoms with Gasteiger partial charge in [-0.2, -0.15) is 0 Å². The molecule has 0 fully saturated rings. The topological polar surface area (TPSA) is 71.1 Å². The van der Waals surface area contributed by atoms with E-state index in [2.05, 4.69) is 15.9 Å². The van der Waals surface area contributed by atoms with Gasteiger partial charge in [0.2, 0.25) is 0 Å². The third-order valence-corrected chi connectivity index (χ3v) is 4.36. The monoisotopic (exact) mass is 470 g/mol. The molecule has 0 unspecified atom stereocenters. The van der Waals surface area contributed by atoms with Gasteiger partial charge in [0.05, 0.1) is 0 Å². The third kappa shape index (κ3) is 6.63. The summed E-state index contributed by atoms with van der Waals surface area (Å²) in [6.07, 6.45) is 0. The average molecular weight is 471 g/mol. The van der Waals surface area contributed by atoms with E-state index in [4.69, 9.17) is 18.9 Å². The summed E-state index contributed by atoms with van der Waals surface area (Å²) in [5.41, 5.74) is 0.147. The van der Waals surface area contributed by atoms with Gasteiger partial charge < -0.3 is 18.9 Å². The van der Waals surface area contributed by atoms with Crippen LogP contribution in [-0.2, 0) is 9.53 Å². The number of esters is 2. The van der Waals surface area contributed by atoms with E-state index >= 15 is 0 Å². The molecular formula is C23H19BrO6. The van der Waals surface area contributed by atoms with Crippen LogP contribution in [0.5, 0.6) is 17.2 Å². The Labute approximate surface area is 182 Å². The summed E-state index contributed by atoms with van der Waals surface area (Å²) in [5, 5.41) is 0. The average Bonchev–Trinajstić information content (AvgIpc) is 2.77. The lowest BCUT2D eigenvalue weighted by Gasteiger charge is -2.11. The van der Waals surface area contributed by atoms with Crippen LogP contribution in [-0.4, -0.2) is 31.8 Å². The van der Waals surface area contributed by atoms with Crippen molar-refractivity contribution >= 4 is 27.9 Å². The minimum absolute atomic E-state index is 0.0582. The lowest BCUT2D eigenvalue weighted by atomic mass is 10.2. The van der Waals surface area contributed by atoms with Crippen LogP contribution in [0.3, 0.4) is 0 Å². The number of carbonyl (C=O) groups excluding carboxylic acids is 2. The van der Waals surface area contributed by atoms with Crippen LogP contribution in [0.4, 0.5) is 0 Å². The predicted octanol–water partition coefficient (Wildman–Crippen LogP) is 4.67. The highest BCUT2D eigenvalue weighted by atomic mass is 79.9. The number of hydrogen-bond acceptors (Lipinski definition) is 6. The maximum Gasteiger partial charge on any atom is 0.349 e. The Hall–Kier alpha value is -3.32. The predicted molar refractivity (Wildman–Crippen MR) is 114 cm³/mol. The van der Waals surface area contributed by atoms with Crippen molar-refractivity contribution < 1.29 is 28.5 Å². The number of hydrogen-bond donors (Lipinski definition) is 0. The van der Waals surface area contributed by atoms with Gasteiger partial charge in [0.1, 0.15) is 36.0 Å². The Balaban J connectivity index is 1.49. The molecule has 7 heteroatoms. The van der Waals surface area contributed by atoms with Crippen LogP contribution in [0.2, 0.25) is 0 Å². The normalized spacial score (nSPS) is 10.2. The van der Waals surface area contributed by atoms with Gasteiger partial charge in [-0.3, -0.25) is 0 Å². The molecule has 0 aliphatic heterocycles. The fourth-order valence-corrected chi connectivity index (χ4v) is 2.70. The Morgan fingerprint density at radius 2 is 1.40 bits per heavy atom. The van der Waals surface area contributed by atoms with Crippen molar-refractivity contribution in [3.8, 4) is 17.2 Å². The van der Waals surface area contributed by atoms with E-state index < -0.39 is 11.9 Å². The molecule has 0 aromatic heterocycles. The molecule has 0 aliphatic carbocycles. The summed E-state index contributed by atoms with van der Waals surface area (Å²) >= 11 is 3.33. The molecule has 3 aromatic rings. The molecule has 0 amide bonds. The SMILES string of the molecule is O=C(COc1ccc(Br)cc1)Oc1ccccc1C(=O)OCCOc1ccccc1. The Kier molecular flexibility index (Phi) is 7.86. The fraction of sp³-hybridized carbons (Fsp3) is 0.130. The molecule has 0 saturated carbocycles. The van der Waals surface area contributed by atoms with Gasteiger partial charge in [-0.15, -0.1) is 0 Å². The zero-order valence-corrected chi connectivity index (χ0v) is 17.5. The van der Waals surface area contributed by atoms with Crippen molar-refractivity contribution in [2.75, 3.05) is 19.8 Å². The van der Waals surface area contributed by atoms with Crippen LogP contribution in [0, 0.1) is 0 Å². The van der Waals surface area contributed by atoms with E-state index in [1.807, 2.05) is 30.3 Å². The molecule has 6 nitrogen and oxygen atoms in total. The minimum atomic E-state index is -0.634. The zero-order chi connectivity index (χ0) is 21.2. The van der Waals surface area contributed by atoms with Crippen LogP contribution in [0.1, 0.15) is 10.4 Å². The van der Waals surface area contributed by atoms with E-state index in [1.54, 1.807) is 36.4 Å². The molecule has 0 heterocycles. The smallest absolute Gasteiger partial charge is 0.349 e. The second-order valence-corrected chi connectivity index (χ2v) is 6.93. The summed E-state index contributed by atoms with van der Waals surface area (Å²) in [5.74, 6) is 0.0836. The van der Waals surface area contributed by atoms with Crippen LogP contribution in [0.25, 0.3) is 0 Å². The molecule has 0 atom stereocenters. The van der Waals surface area contributed by atoms with Crippen LogP contribution < -0.4 is 14.2 Å². The lowest BCUT2D eigenvalue weighted by Crippen LogP contribution is -2.20. The molecule has 3 aromatic carbocycles.